The molecule has 0 unspecified atom stereocenters. The van der Waals surface area contributed by atoms with Gasteiger partial charge in [0.25, 0.3) is 5.91 Å². The number of rotatable bonds is 4. The molecule has 0 atom stereocenters. The van der Waals surface area contributed by atoms with E-state index < -0.39 is 0 Å². The summed E-state index contributed by atoms with van der Waals surface area (Å²) in [5.74, 6) is 0.768. The molecule has 5 heteroatoms. The zero-order chi connectivity index (χ0) is 14.4. The van der Waals surface area contributed by atoms with Crippen LogP contribution < -0.4 is 10.2 Å². The van der Waals surface area contributed by atoms with Crippen molar-refractivity contribution in [1.82, 2.24) is 5.48 Å². The van der Waals surface area contributed by atoms with Crippen LogP contribution in [0.5, 0.6) is 11.5 Å². The molecule has 1 amide bonds. The number of nitrogens with one attached hydrogen (secondary N) is 1. The summed E-state index contributed by atoms with van der Waals surface area (Å²) in [5, 5.41) is 8.72. The maximum Gasteiger partial charge on any atom is 0.274 e. The minimum absolute atomic E-state index is 0.349. The summed E-state index contributed by atoms with van der Waals surface area (Å²) < 4.78 is 5.62. The van der Waals surface area contributed by atoms with Crippen LogP contribution in [-0.2, 0) is 4.84 Å². The van der Waals surface area contributed by atoms with Gasteiger partial charge in [-0.05, 0) is 42.5 Å². The minimum atomic E-state index is -0.349. The Bertz CT molecular complexity index is 645. The number of hydrogen-bond acceptors (Lipinski definition) is 4. The first-order valence-electron chi connectivity index (χ1n) is 5.84. The lowest BCUT2D eigenvalue weighted by Gasteiger charge is -2.07. The van der Waals surface area contributed by atoms with Crippen molar-refractivity contribution in [3.05, 3.63) is 59.7 Å². The van der Waals surface area contributed by atoms with Crippen molar-refractivity contribution >= 4 is 5.91 Å². The molecule has 2 aromatic rings. The fraction of sp³-hybridized carbons (Fsp3) is 0.0667. The average Bonchev–Trinajstić information content (AvgIpc) is 2.48. The van der Waals surface area contributed by atoms with E-state index in [1.54, 1.807) is 48.5 Å². The number of carbonyl (C=O) groups is 1. The van der Waals surface area contributed by atoms with Gasteiger partial charge in [-0.2, -0.15) is 5.26 Å². The number of amides is 1. The van der Waals surface area contributed by atoms with Crippen LogP contribution in [-0.4, -0.2) is 13.0 Å². The number of hydroxylamine groups is 1. The van der Waals surface area contributed by atoms with Crippen LogP contribution in [0, 0.1) is 11.3 Å². The van der Waals surface area contributed by atoms with Crippen LogP contribution in [0.2, 0.25) is 0 Å². The van der Waals surface area contributed by atoms with Crippen LogP contribution in [0.4, 0.5) is 0 Å². The molecule has 0 aliphatic carbocycles. The lowest BCUT2D eigenvalue weighted by molar-refractivity contribution is 0.0537. The molecule has 0 saturated carbocycles. The molecular weight excluding hydrogens is 256 g/mol. The van der Waals surface area contributed by atoms with E-state index >= 15 is 0 Å². The normalized spacial score (nSPS) is 9.60. The Labute approximate surface area is 116 Å². The number of hydrogen-bond donors (Lipinski definition) is 1. The van der Waals surface area contributed by atoms with E-state index in [0.29, 0.717) is 22.6 Å². The Morgan fingerprint density at radius 3 is 2.55 bits per heavy atom. The maximum atomic E-state index is 11.6. The molecule has 2 aromatic carbocycles. The van der Waals surface area contributed by atoms with Gasteiger partial charge >= 0.3 is 0 Å². The Hall–Kier alpha value is -2.84. The van der Waals surface area contributed by atoms with Gasteiger partial charge < -0.3 is 4.74 Å². The Morgan fingerprint density at radius 2 is 1.90 bits per heavy atom. The molecule has 0 bridgehead atoms. The van der Waals surface area contributed by atoms with Gasteiger partial charge in [-0.1, -0.05) is 6.07 Å². The molecule has 0 spiro atoms. The Balaban J connectivity index is 2.15. The number of carbonyl (C=O) groups excluding carboxylic acids is 1. The molecule has 0 aliphatic rings. The fourth-order valence-corrected chi connectivity index (χ4v) is 1.59. The van der Waals surface area contributed by atoms with Crippen molar-refractivity contribution in [3.8, 4) is 17.6 Å². The summed E-state index contributed by atoms with van der Waals surface area (Å²) in [6.07, 6.45) is 0. The van der Waals surface area contributed by atoms with Crippen molar-refractivity contribution < 1.29 is 14.4 Å². The van der Waals surface area contributed by atoms with E-state index in [1.807, 2.05) is 6.07 Å². The summed E-state index contributed by atoms with van der Waals surface area (Å²) in [6.45, 7) is 0. The lowest BCUT2D eigenvalue weighted by atomic mass is 10.2. The fourth-order valence-electron chi connectivity index (χ4n) is 1.59. The number of nitriles is 1. The first-order chi connectivity index (χ1) is 9.72. The molecule has 0 aliphatic heterocycles. The van der Waals surface area contributed by atoms with E-state index in [0.717, 1.165) is 0 Å². The predicted octanol–water partition coefficient (Wildman–Crippen LogP) is 2.64. The minimum Gasteiger partial charge on any atom is -0.457 e. The molecule has 0 saturated heterocycles. The summed E-state index contributed by atoms with van der Waals surface area (Å²) in [5.41, 5.74) is 3.23. The van der Waals surface area contributed by atoms with Crippen molar-refractivity contribution in [1.29, 1.82) is 5.26 Å². The van der Waals surface area contributed by atoms with Crippen LogP contribution in [0.3, 0.4) is 0 Å². The molecule has 1 N–H and O–H groups in total. The van der Waals surface area contributed by atoms with Gasteiger partial charge in [0.05, 0.1) is 18.7 Å². The smallest absolute Gasteiger partial charge is 0.274 e. The molecule has 2 rings (SSSR count). The third-order valence-corrected chi connectivity index (χ3v) is 2.51. The highest BCUT2D eigenvalue weighted by molar-refractivity contribution is 5.93. The van der Waals surface area contributed by atoms with Crippen molar-refractivity contribution in [2.45, 2.75) is 0 Å². The van der Waals surface area contributed by atoms with Crippen molar-refractivity contribution in [2.24, 2.45) is 0 Å². The number of nitrogens with zero attached hydrogens (tertiary/aromatic N) is 1. The first kappa shape index (κ1) is 13.6. The zero-order valence-corrected chi connectivity index (χ0v) is 10.8. The summed E-state index contributed by atoms with van der Waals surface area (Å²) in [6, 6.07) is 15.5. The third-order valence-electron chi connectivity index (χ3n) is 2.51. The SMILES string of the molecule is CONC(=O)c1cccc(Oc2ccc(C#N)cc2)c1. The van der Waals surface area contributed by atoms with E-state index in [-0.39, 0.29) is 5.91 Å². The second-order valence-electron chi connectivity index (χ2n) is 3.90. The molecular formula is C15H12N2O3. The molecule has 5 nitrogen and oxygen atoms in total. The third kappa shape index (κ3) is 3.34. The summed E-state index contributed by atoms with van der Waals surface area (Å²) >= 11 is 0. The van der Waals surface area contributed by atoms with Crippen LogP contribution in [0.1, 0.15) is 15.9 Å². The largest absolute Gasteiger partial charge is 0.457 e. The maximum absolute atomic E-state index is 11.6. The number of ether oxygens (including phenoxy) is 1. The molecule has 20 heavy (non-hydrogen) atoms. The highest BCUT2D eigenvalue weighted by Crippen LogP contribution is 2.22. The summed E-state index contributed by atoms with van der Waals surface area (Å²) in [7, 11) is 1.37. The van der Waals surface area contributed by atoms with Crippen LogP contribution >= 0.6 is 0 Å². The summed E-state index contributed by atoms with van der Waals surface area (Å²) in [4.78, 5) is 16.2. The molecule has 0 aromatic heterocycles. The quantitative estimate of drug-likeness (QED) is 0.865. The van der Waals surface area contributed by atoms with Crippen LogP contribution in [0.25, 0.3) is 0 Å². The van der Waals surface area contributed by atoms with E-state index in [1.165, 1.54) is 7.11 Å². The van der Waals surface area contributed by atoms with Gasteiger partial charge in [0.15, 0.2) is 0 Å². The topological polar surface area (TPSA) is 71.3 Å². The Kier molecular flexibility index (Phi) is 4.32. The predicted molar refractivity (Wildman–Crippen MR) is 72.1 cm³/mol. The highest BCUT2D eigenvalue weighted by Gasteiger charge is 2.06. The van der Waals surface area contributed by atoms with Gasteiger partial charge in [0.1, 0.15) is 11.5 Å². The second kappa shape index (κ2) is 6.36. The second-order valence-corrected chi connectivity index (χ2v) is 3.90. The first-order valence-corrected chi connectivity index (χ1v) is 5.84. The van der Waals surface area contributed by atoms with Gasteiger partial charge in [-0.15, -0.1) is 0 Å². The molecule has 100 valence electrons. The van der Waals surface area contributed by atoms with Gasteiger partial charge in [0.2, 0.25) is 0 Å². The van der Waals surface area contributed by atoms with Gasteiger partial charge in [-0.25, -0.2) is 5.48 Å². The standard InChI is InChI=1S/C15H12N2O3/c1-19-17-15(18)12-3-2-4-14(9-12)20-13-7-5-11(10-16)6-8-13/h2-9H,1H3,(H,17,18). The molecule has 0 heterocycles. The van der Waals surface area contributed by atoms with E-state index in [9.17, 15) is 4.79 Å². The van der Waals surface area contributed by atoms with Crippen molar-refractivity contribution in [3.63, 3.8) is 0 Å². The van der Waals surface area contributed by atoms with E-state index in [2.05, 4.69) is 10.3 Å². The van der Waals surface area contributed by atoms with Crippen LogP contribution in [0.15, 0.2) is 48.5 Å². The Morgan fingerprint density at radius 1 is 1.15 bits per heavy atom. The number of benzene rings is 2. The zero-order valence-electron chi connectivity index (χ0n) is 10.8. The average molecular weight is 268 g/mol. The highest BCUT2D eigenvalue weighted by atomic mass is 16.6. The lowest BCUT2D eigenvalue weighted by Crippen LogP contribution is -2.21. The van der Waals surface area contributed by atoms with Gasteiger partial charge in [0, 0.05) is 5.56 Å². The molecule has 0 fully saturated rings. The van der Waals surface area contributed by atoms with E-state index in [4.69, 9.17) is 10.00 Å². The monoisotopic (exact) mass is 268 g/mol. The molecule has 0 radical (unpaired) electrons. The van der Waals surface area contributed by atoms with Gasteiger partial charge in [-0.3, -0.25) is 9.63 Å². The van der Waals surface area contributed by atoms with Crippen molar-refractivity contribution in [2.75, 3.05) is 7.11 Å².